The molecular weight excluding hydrogens is 174 g/mol. The predicted molar refractivity (Wildman–Crippen MR) is 60.5 cm³/mol. The largest absolute Gasteiger partial charge is 0.380 e. The molecule has 0 aromatic carbocycles. The molecule has 0 aromatic rings. The molecule has 0 heterocycles. The van der Waals surface area contributed by atoms with Crippen LogP contribution in [0.2, 0.25) is 0 Å². The highest BCUT2D eigenvalue weighted by Crippen LogP contribution is 2.21. The summed E-state index contributed by atoms with van der Waals surface area (Å²) in [5.41, 5.74) is 0. The van der Waals surface area contributed by atoms with Crippen molar-refractivity contribution in [1.82, 2.24) is 5.32 Å². The van der Waals surface area contributed by atoms with Crippen molar-refractivity contribution < 1.29 is 4.74 Å². The minimum Gasteiger partial charge on any atom is -0.380 e. The fourth-order valence-corrected chi connectivity index (χ4v) is 2.24. The summed E-state index contributed by atoms with van der Waals surface area (Å²) in [4.78, 5) is 0. The highest BCUT2D eigenvalue weighted by molar-refractivity contribution is 4.83. The Labute approximate surface area is 88.4 Å². The third kappa shape index (κ3) is 3.97. The van der Waals surface area contributed by atoms with Crippen LogP contribution >= 0.6 is 0 Å². The molecule has 1 fully saturated rings. The van der Waals surface area contributed by atoms with Crippen LogP contribution in [-0.2, 0) is 4.74 Å². The van der Waals surface area contributed by atoms with Crippen molar-refractivity contribution in [1.29, 1.82) is 0 Å². The molecule has 0 spiro atoms. The molecule has 1 aliphatic rings. The molecular formula is C12H25NO. The van der Waals surface area contributed by atoms with E-state index in [0.717, 1.165) is 12.5 Å². The third-order valence-electron chi connectivity index (χ3n) is 3.12. The molecule has 1 aliphatic carbocycles. The smallest absolute Gasteiger partial charge is 0.0724 e. The summed E-state index contributed by atoms with van der Waals surface area (Å²) in [7, 11) is 1.83. The first-order valence-electron chi connectivity index (χ1n) is 6.00. The second-order valence-corrected chi connectivity index (χ2v) is 4.80. The summed E-state index contributed by atoms with van der Waals surface area (Å²) >= 11 is 0. The van der Waals surface area contributed by atoms with E-state index in [2.05, 4.69) is 19.2 Å². The Morgan fingerprint density at radius 1 is 1.36 bits per heavy atom. The minimum absolute atomic E-state index is 0.467. The Kier molecular flexibility index (Phi) is 5.49. The van der Waals surface area contributed by atoms with Crippen molar-refractivity contribution in [2.45, 2.75) is 58.1 Å². The normalized spacial score (nSPS) is 27.4. The molecule has 0 radical (unpaired) electrons. The van der Waals surface area contributed by atoms with Gasteiger partial charge in [-0.25, -0.2) is 0 Å². The summed E-state index contributed by atoms with van der Waals surface area (Å²) in [6.45, 7) is 5.73. The molecule has 2 nitrogen and oxygen atoms in total. The van der Waals surface area contributed by atoms with E-state index in [4.69, 9.17) is 4.74 Å². The zero-order valence-corrected chi connectivity index (χ0v) is 9.88. The lowest BCUT2D eigenvalue weighted by molar-refractivity contribution is 0.0851. The zero-order valence-electron chi connectivity index (χ0n) is 9.88. The fourth-order valence-electron chi connectivity index (χ4n) is 2.24. The topological polar surface area (TPSA) is 21.3 Å². The second kappa shape index (κ2) is 6.41. The molecule has 2 unspecified atom stereocenters. The molecule has 0 aromatic heterocycles. The average molecular weight is 199 g/mol. The van der Waals surface area contributed by atoms with Gasteiger partial charge in [0.15, 0.2) is 0 Å². The summed E-state index contributed by atoms with van der Waals surface area (Å²) < 4.78 is 5.44. The minimum atomic E-state index is 0.467. The monoisotopic (exact) mass is 199 g/mol. The molecule has 0 saturated heterocycles. The summed E-state index contributed by atoms with van der Waals surface area (Å²) in [5, 5.41) is 3.61. The quantitative estimate of drug-likeness (QED) is 0.664. The van der Waals surface area contributed by atoms with Gasteiger partial charge in [-0.2, -0.15) is 0 Å². The van der Waals surface area contributed by atoms with Gasteiger partial charge in [-0.05, 0) is 44.6 Å². The number of methoxy groups -OCH3 is 1. The van der Waals surface area contributed by atoms with Gasteiger partial charge in [-0.3, -0.25) is 0 Å². The lowest BCUT2D eigenvalue weighted by Gasteiger charge is -2.19. The van der Waals surface area contributed by atoms with Crippen molar-refractivity contribution in [2.75, 3.05) is 13.7 Å². The molecule has 2 heteroatoms. The number of ether oxygens (including phenoxy) is 1. The van der Waals surface area contributed by atoms with Gasteiger partial charge >= 0.3 is 0 Å². The van der Waals surface area contributed by atoms with Crippen molar-refractivity contribution in [3.63, 3.8) is 0 Å². The number of nitrogens with one attached hydrogen (secondary N) is 1. The molecule has 0 aliphatic heterocycles. The van der Waals surface area contributed by atoms with Gasteiger partial charge in [0.25, 0.3) is 0 Å². The van der Waals surface area contributed by atoms with E-state index < -0.39 is 0 Å². The highest BCUT2D eigenvalue weighted by Gasteiger charge is 2.25. The van der Waals surface area contributed by atoms with Crippen molar-refractivity contribution >= 4 is 0 Å². The molecule has 0 amide bonds. The van der Waals surface area contributed by atoms with Gasteiger partial charge < -0.3 is 10.1 Å². The van der Waals surface area contributed by atoms with Crippen LogP contribution in [0.1, 0.15) is 46.0 Å². The molecule has 84 valence electrons. The maximum Gasteiger partial charge on any atom is 0.0724 e. The molecule has 2 atom stereocenters. The van der Waals surface area contributed by atoms with Gasteiger partial charge in [0.1, 0.15) is 0 Å². The Morgan fingerprint density at radius 2 is 2.14 bits per heavy atom. The summed E-state index contributed by atoms with van der Waals surface area (Å²) in [6, 6.07) is 0.618. The van der Waals surface area contributed by atoms with E-state index in [1.54, 1.807) is 0 Å². The van der Waals surface area contributed by atoms with E-state index in [1.165, 1.54) is 32.1 Å². The Morgan fingerprint density at radius 3 is 2.79 bits per heavy atom. The Hall–Kier alpha value is -0.0800. The van der Waals surface area contributed by atoms with E-state index >= 15 is 0 Å². The van der Waals surface area contributed by atoms with E-state index in [1.807, 2.05) is 7.11 Å². The van der Waals surface area contributed by atoms with Gasteiger partial charge in [0, 0.05) is 13.2 Å². The van der Waals surface area contributed by atoms with Crippen LogP contribution in [0.3, 0.4) is 0 Å². The first kappa shape index (κ1) is 12.0. The number of hydrogen-bond donors (Lipinski definition) is 1. The molecule has 1 saturated carbocycles. The average Bonchev–Trinajstić information content (AvgIpc) is 2.59. The fraction of sp³-hybridized carbons (Fsp3) is 1.00. The maximum atomic E-state index is 5.44. The van der Waals surface area contributed by atoms with Gasteiger partial charge in [-0.15, -0.1) is 0 Å². The third-order valence-corrected chi connectivity index (χ3v) is 3.12. The van der Waals surface area contributed by atoms with E-state index in [0.29, 0.717) is 12.1 Å². The summed E-state index contributed by atoms with van der Waals surface area (Å²) in [6.07, 6.45) is 6.94. The molecule has 1 rings (SSSR count). The first-order chi connectivity index (χ1) is 6.74. The van der Waals surface area contributed by atoms with E-state index in [-0.39, 0.29) is 0 Å². The number of rotatable bonds is 6. The SMILES string of the molecule is COC1CCCC1NCCCC(C)C. The number of hydrogen-bond acceptors (Lipinski definition) is 2. The standard InChI is InChI=1S/C12H25NO/c1-10(2)6-5-9-13-11-7-4-8-12(11)14-3/h10-13H,4-9H2,1-3H3. The molecule has 1 N–H and O–H groups in total. The maximum absolute atomic E-state index is 5.44. The van der Waals surface area contributed by atoms with Gasteiger partial charge in [0.05, 0.1) is 6.10 Å². The second-order valence-electron chi connectivity index (χ2n) is 4.80. The van der Waals surface area contributed by atoms with Crippen LogP contribution < -0.4 is 5.32 Å². The lowest BCUT2D eigenvalue weighted by atomic mass is 10.1. The highest BCUT2D eigenvalue weighted by atomic mass is 16.5. The van der Waals surface area contributed by atoms with Crippen LogP contribution in [0.25, 0.3) is 0 Å². The van der Waals surface area contributed by atoms with Crippen LogP contribution in [0.5, 0.6) is 0 Å². The predicted octanol–water partition coefficient (Wildman–Crippen LogP) is 2.58. The Balaban J connectivity index is 2.05. The van der Waals surface area contributed by atoms with Crippen molar-refractivity contribution in [2.24, 2.45) is 5.92 Å². The van der Waals surface area contributed by atoms with E-state index in [9.17, 15) is 0 Å². The lowest BCUT2D eigenvalue weighted by Crippen LogP contribution is -2.37. The van der Waals surface area contributed by atoms with Crippen molar-refractivity contribution in [3.8, 4) is 0 Å². The Bertz CT molecular complexity index is 147. The van der Waals surface area contributed by atoms with Crippen LogP contribution in [-0.4, -0.2) is 25.8 Å². The van der Waals surface area contributed by atoms with Gasteiger partial charge in [-0.1, -0.05) is 13.8 Å². The molecule has 0 bridgehead atoms. The van der Waals surface area contributed by atoms with Crippen LogP contribution in [0, 0.1) is 5.92 Å². The first-order valence-corrected chi connectivity index (χ1v) is 6.00. The molecule has 14 heavy (non-hydrogen) atoms. The van der Waals surface area contributed by atoms with Crippen LogP contribution in [0.4, 0.5) is 0 Å². The summed E-state index contributed by atoms with van der Waals surface area (Å²) in [5.74, 6) is 0.832. The van der Waals surface area contributed by atoms with Crippen molar-refractivity contribution in [3.05, 3.63) is 0 Å². The zero-order chi connectivity index (χ0) is 10.4. The van der Waals surface area contributed by atoms with Crippen LogP contribution in [0.15, 0.2) is 0 Å². The van der Waals surface area contributed by atoms with Gasteiger partial charge in [0.2, 0.25) is 0 Å².